The topological polar surface area (TPSA) is 82.7 Å². The molecule has 0 bridgehead atoms. The molecule has 1 aromatic carbocycles. The molecule has 1 aliphatic rings. The van der Waals surface area contributed by atoms with Crippen molar-refractivity contribution in [3.63, 3.8) is 0 Å². The van der Waals surface area contributed by atoms with Crippen LogP contribution in [0.3, 0.4) is 0 Å². The smallest absolute Gasteiger partial charge is 0.259 e. The van der Waals surface area contributed by atoms with E-state index in [2.05, 4.69) is 44.9 Å². The van der Waals surface area contributed by atoms with Gasteiger partial charge in [-0.05, 0) is 86.1 Å². The van der Waals surface area contributed by atoms with Crippen LogP contribution >= 0.6 is 0 Å². The number of benzene rings is 1. The molecule has 156 valence electrons. The Balaban J connectivity index is 1.53. The average Bonchev–Trinajstić information content (AvgIpc) is 2.80. The van der Waals surface area contributed by atoms with Crippen LogP contribution in [0.2, 0.25) is 0 Å². The Morgan fingerprint density at radius 1 is 0.968 bits per heavy atom. The van der Waals surface area contributed by atoms with E-state index in [-0.39, 0.29) is 5.56 Å². The van der Waals surface area contributed by atoms with E-state index in [4.69, 9.17) is 4.98 Å². The number of rotatable bonds is 4. The first-order valence-electron chi connectivity index (χ1n) is 10.7. The van der Waals surface area contributed by atoms with Gasteiger partial charge in [-0.25, -0.2) is 4.98 Å². The standard InChI is InChI=1S/C25H25N5O/c1-16-3-2-4-21(28-16)22-15-19-11-14-27-25(31)23(19)24(30-22)29-20-7-5-17(6-8-20)18-9-12-26-13-10-18/h2-8,11,14-15,18,26H,9-10,12-13H2,1H3,(H,27,31)(H,29,30). The minimum Gasteiger partial charge on any atom is -0.340 e. The summed E-state index contributed by atoms with van der Waals surface area (Å²) in [6, 6.07) is 18.2. The average molecular weight is 412 g/mol. The van der Waals surface area contributed by atoms with Gasteiger partial charge in [-0.1, -0.05) is 18.2 Å². The fourth-order valence-electron chi connectivity index (χ4n) is 4.25. The molecule has 0 unspecified atom stereocenters. The van der Waals surface area contributed by atoms with Gasteiger partial charge in [0.25, 0.3) is 5.56 Å². The van der Waals surface area contributed by atoms with Crippen molar-refractivity contribution in [2.75, 3.05) is 18.4 Å². The molecule has 31 heavy (non-hydrogen) atoms. The van der Waals surface area contributed by atoms with E-state index in [9.17, 15) is 4.79 Å². The molecule has 4 aromatic rings. The second-order valence-corrected chi connectivity index (χ2v) is 8.06. The Morgan fingerprint density at radius 3 is 2.55 bits per heavy atom. The third-order valence-electron chi connectivity index (χ3n) is 5.89. The van der Waals surface area contributed by atoms with Gasteiger partial charge < -0.3 is 15.6 Å². The molecule has 1 fully saturated rings. The van der Waals surface area contributed by atoms with E-state index in [0.29, 0.717) is 17.1 Å². The number of H-pyrrole nitrogens is 1. The summed E-state index contributed by atoms with van der Waals surface area (Å²) >= 11 is 0. The SMILES string of the molecule is Cc1cccc(-c2cc3cc[nH]c(=O)c3c(Nc3ccc(C4CCNCC4)cc3)n2)n1. The van der Waals surface area contributed by atoms with Gasteiger partial charge in [0.2, 0.25) is 0 Å². The van der Waals surface area contributed by atoms with Crippen LogP contribution in [0.5, 0.6) is 0 Å². The summed E-state index contributed by atoms with van der Waals surface area (Å²) in [4.78, 5) is 24.7. The third kappa shape index (κ3) is 4.07. The van der Waals surface area contributed by atoms with Crippen molar-refractivity contribution in [3.05, 3.63) is 82.4 Å². The lowest BCUT2D eigenvalue weighted by molar-refractivity contribution is 0.460. The van der Waals surface area contributed by atoms with Gasteiger partial charge >= 0.3 is 0 Å². The molecule has 0 radical (unpaired) electrons. The molecule has 3 N–H and O–H groups in total. The number of piperidine rings is 1. The van der Waals surface area contributed by atoms with E-state index >= 15 is 0 Å². The molecule has 1 aliphatic heterocycles. The molecule has 0 atom stereocenters. The van der Waals surface area contributed by atoms with Crippen LogP contribution < -0.4 is 16.2 Å². The molecule has 0 amide bonds. The summed E-state index contributed by atoms with van der Waals surface area (Å²) in [5, 5.41) is 8.15. The summed E-state index contributed by atoms with van der Waals surface area (Å²) in [5.41, 5.74) is 4.54. The molecular weight excluding hydrogens is 386 g/mol. The van der Waals surface area contributed by atoms with Crippen LogP contribution in [0.25, 0.3) is 22.2 Å². The van der Waals surface area contributed by atoms with Crippen molar-refractivity contribution in [2.45, 2.75) is 25.7 Å². The predicted octanol–water partition coefficient (Wildman–Crippen LogP) is 4.50. The number of hydrogen-bond donors (Lipinski definition) is 3. The van der Waals surface area contributed by atoms with Crippen molar-refractivity contribution in [2.24, 2.45) is 0 Å². The Hall–Kier alpha value is -3.51. The quantitative estimate of drug-likeness (QED) is 0.460. The zero-order valence-electron chi connectivity index (χ0n) is 17.5. The van der Waals surface area contributed by atoms with Gasteiger partial charge in [-0.2, -0.15) is 0 Å². The highest BCUT2D eigenvalue weighted by Gasteiger charge is 2.16. The zero-order valence-corrected chi connectivity index (χ0v) is 17.5. The van der Waals surface area contributed by atoms with Crippen LogP contribution in [0.1, 0.15) is 30.0 Å². The normalized spacial score (nSPS) is 14.6. The van der Waals surface area contributed by atoms with E-state index in [1.165, 1.54) is 18.4 Å². The highest BCUT2D eigenvalue weighted by molar-refractivity contribution is 5.94. The zero-order chi connectivity index (χ0) is 21.2. The van der Waals surface area contributed by atoms with Gasteiger partial charge in [0.15, 0.2) is 0 Å². The second-order valence-electron chi connectivity index (χ2n) is 8.06. The van der Waals surface area contributed by atoms with E-state index < -0.39 is 0 Å². The number of hydrogen-bond acceptors (Lipinski definition) is 5. The van der Waals surface area contributed by atoms with Crippen molar-refractivity contribution in [1.29, 1.82) is 0 Å². The van der Waals surface area contributed by atoms with E-state index in [0.717, 1.165) is 41.2 Å². The van der Waals surface area contributed by atoms with E-state index in [1.807, 2.05) is 37.3 Å². The molecule has 0 aliphatic carbocycles. The summed E-state index contributed by atoms with van der Waals surface area (Å²) in [6.45, 7) is 4.10. The Labute approximate surface area is 180 Å². The first-order valence-corrected chi connectivity index (χ1v) is 10.7. The fraction of sp³-hybridized carbons (Fsp3) is 0.240. The lowest BCUT2D eigenvalue weighted by Crippen LogP contribution is -2.26. The number of nitrogens with zero attached hydrogens (tertiary/aromatic N) is 2. The van der Waals surface area contributed by atoms with E-state index in [1.54, 1.807) is 6.20 Å². The minimum absolute atomic E-state index is 0.164. The summed E-state index contributed by atoms with van der Waals surface area (Å²) in [6.07, 6.45) is 4.00. The Morgan fingerprint density at radius 2 is 1.77 bits per heavy atom. The lowest BCUT2D eigenvalue weighted by Gasteiger charge is -2.23. The van der Waals surface area contributed by atoms with Gasteiger partial charge in [0, 0.05) is 17.6 Å². The van der Waals surface area contributed by atoms with Gasteiger partial charge in [0.1, 0.15) is 5.82 Å². The van der Waals surface area contributed by atoms with Gasteiger partial charge in [-0.3, -0.25) is 9.78 Å². The molecular formula is C25H25N5O. The number of pyridine rings is 3. The number of aromatic amines is 1. The lowest BCUT2D eigenvalue weighted by atomic mass is 9.90. The van der Waals surface area contributed by atoms with Crippen LogP contribution in [0.4, 0.5) is 11.5 Å². The first-order chi connectivity index (χ1) is 15.2. The van der Waals surface area contributed by atoms with Crippen LogP contribution in [-0.4, -0.2) is 28.0 Å². The molecule has 4 heterocycles. The van der Waals surface area contributed by atoms with Crippen molar-refractivity contribution in [1.82, 2.24) is 20.3 Å². The largest absolute Gasteiger partial charge is 0.340 e. The van der Waals surface area contributed by atoms with Crippen molar-refractivity contribution < 1.29 is 0 Å². The monoisotopic (exact) mass is 411 g/mol. The highest BCUT2D eigenvalue weighted by Crippen LogP contribution is 2.29. The summed E-state index contributed by atoms with van der Waals surface area (Å²) in [7, 11) is 0. The summed E-state index contributed by atoms with van der Waals surface area (Å²) < 4.78 is 0. The molecule has 3 aromatic heterocycles. The van der Waals surface area contributed by atoms with Crippen molar-refractivity contribution >= 4 is 22.3 Å². The Bertz CT molecular complexity index is 1270. The molecule has 5 rings (SSSR count). The molecule has 1 saturated heterocycles. The maximum atomic E-state index is 12.6. The Kier molecular flexibility index (Phi) is 5.22. The predicted molar refractivity (Wildman–Crippen MR) is 125 cm³/mol. The number of nitrogens with one attached hydrogen (secondary N) is 3. The highest BCUT2D eigenvalue weighted by atomic mass is 16.1. The number of aromatic nitrogens is 3. The van der Waals surface area contributed by atoms with Crippen LogP contribution in [0.15, 0.2) is 65.6 Å². The minimum atomic E-state index is -0.164. The molecule has 0 spiro atoms. The molecule has 0 saturated carbocycles. The van der Waals surface area contributed by atoms with Crippen LogP contribution in [0, 0.1) is 6.92 Å². The van der Waals surface area contributed by atoms with Gasteiger partial charge in [0.05, 0.1) is 16.8 Å². The second kappa shape index (κ2) is 8.32. The van der Waals surface area contributed by atoms with Gasteiger partial charge in [-0.15, -0.1) is 0 Å². The number of anilines is 2. The first kappa shape index (κ1) is 19.5. The molecule has 6 nitrogen and oxygen atoms in total. The third-order valence-corrected chi connectivity index (χ3v) is 5.89. The number of aryl methyl sites for hydroxylation is 1. The number of fused-ring (bicyclic) bond motifs is 1. The maximum Gasteiger partial charge on any atom is 0.259 e. The van der Waals surface area contributed by atoms with Crippen molar-refractivity contribution in [3.8, 4) is 11.4 Å². The van der Waals surface area contributed by atoms with Crippen LogP contribution in [-0.2, 0) is 0 Å². The maximum absolute atomic E-state index is 12.6. The fourth-order valence-corrected chi connectivity index (χ4v) is 4.25. The summed E-state index contributed by atoms with van der Waals surface area (Å²) in [5.74, 6) is 1.14. The molecule has 6 heteroatoms.